The number of amides is 1. The predicted octanol–water partition coefficient (Wildman–Crippen LogP) is 2.48. The second-order valence-electron chi connectivity index (χ2n) is 6.32. The van der Waals surface area contributed by atoms with Crippen molar-refractivity contribution in [3.05, 3.63) is 59.9 Å². The Hall–Kier alpha value is -3.36. The number of anilines is 1. The van der Waals surface area contributed by atoms with Crippen LogP contribution in [0, 0.1) is 0 Å². The molecule has 1 atom stereocenters. The molecule has 0 saturated carbocycles. The van der Waals surface area contributed by atoms with E-state index in [0.29, 0.717) is 23.1 Å². The van der Waals surface area contributed by atoms with Gasteiger partial charge in [-0.1, -0.05) is 19.0 Å². The van der Waals surface area contributed by atoms with Crippen LogP contribution in [0.5, 0.6) is 0 Å². The first kappa shape index (κ1) is 18.4. The van der Waals surface area contributed by atoms with Crippen LogP contribution in [-0.2, 0) is 6.54 Å². The molecule has 0 aliphatic rings. The van der Waals surface area contributed by atoms with Gasteiger partial charge in [-0.2, -0.15) is 4.98 Å². The van der Waals surface area contributed by atoms with Crippen molar-refractivity contribution < 1.29 is 9.32 Å². The Morgan fingerprint density at radius 3 is 2.67 bits per heavy atom. The number of aromatic nitrogens is 5. The van der Waals surface area contributed by atoms with Crippen molar-refractivity contribution >= 4 is 11.7 Å². The number of pyridine rings is 1. The number of carbonyl (C=O) groups is 1. The summed E-state index contributed by atoms with van der Waals surface area (Å²) < 4.78 is 5.11. The number of hydrogen-bond acceptors (Lipinski definition) is 8. The zero-order valence-electron chi connectivity index (χ0n) is 15.4. The fourth-order valence-corrected chi connectivity index (χ4v) is 2.30. The van der Waals surface area contributed by atoms with Gasteiger partial charge in [-0.15, -0.1) is 0 Å². The van der Waals surface area contributed by atoms with E-state index in [9.17, 15) is 4.79 Å². The Kier molecular flexibility index (Phi) is 5.70. The number of nitrogens with one attached hydrogen (secondary N) is 2. The third kappa shape index (κ3) is 4.84. The summed E-state index contributed by atoms with van der Waals surface area (Å²) in [5.41, 5.74) is 1.30. The van der Waals surface area contributed by atoms with E-state index >= 15 is 0 Å². The monoisotopic (exact) mass is 367 g/mol. The normalized spacial score (nSPS) is 12.0. The highest BCUT2D eigenvalue weighted by Crippen LogP contribution is 2.15. The lowest BCUT2D eigenvalue weighted by atomic mass is 10.2. The highest BCUT2D eigenvalue weighted by atomic mass is 16.5. The van der Waals surface area contributed by atoms with Gasteiger partial charge in [0.05, 0.1) is 23.8 Å². The summed E-state index contributed by atoms with van der Waals surface area (Å²) in [5.74, 6) is 1.54. The first-order chi connectivity index (χ1) is 13.0. The molecule has 9 heteroatoms. The molecule has 0 aliphatic heterocycles. The lowest BCUT2D eigenvalue weighted by molar-refractivity contribution is 0.0949. The van der Waals surface area contributed by atoms with Crippen LogP contribution in [0.4, 0.5) is 5.82 Å². The Morgan fingerprint density at radius 1 is 1.19 bits per heavy atom. The van der Waals surface area contributed by atoms with Gasteiger partial charge in [0.2, 0.25) is 5.89 Å². The van der Waals surface area contributed by atoms with Gasteiger partial charge in [-0.05, 0) is 25.1 Å². The van der Waals surface area contributed by atoms with Crippen molar-refractivity contribution in [3.8, 4) is 0 Å². The van der Waals surface area contributed by atoms with Gasteiger partial charge >= 0.3 is 0 Å². The van der Waals surface area contributed by atoms with Crippen molar-refractivity contribution in [1.29, 1.82) is 0 Å². The molecule has 0 aliphatic carbocycles. The largest absolute Gasteiger partial charge is 0.362 e. The summed E-state index contributed by atoms with van der Waals surface area (Å²) in [4.78, 5) is 28.8. The Morgan fingerprint density at radius 2 is 2.04 bits per heavy atom. The molecule has 27 heavy (non-hydrogen) atoms. The maximum Gasteiger partial charge on any atom is 0.253 e. The first-order valence-electron chi connectivity index (χ1n) is 8.62. The van der Waals surface area contributed by atoms with Gasteiger partial charge in [0.15, 0.2) is 5.82 Å². The molecular formula is C18H21N7O2. The molecule has 3 aromatic heterocycles. The van der Waals surface area contributed by atoms with Crippen molar-refractivity contribution in [2.45, 2.75) is 39.3 Å². The second kappa shape index (κ2) is 8.35. The lowest BCUT2D eigenvalue weighted by Gasteiger charge is -2.13. The van der Waals surface area contributed by atoms with Gasteiger partial charge in [-0.25, -0.2) is 15.0 Å². The van der Waals surface area contributed by atoms with Crippen LogP contribution in [0.15, 0.2) is 41.4 Å². The molecule has 0 fully saturated rings. The minimum Gasteiger partial charge on any atom is -0.362 e. The molecule has 0 bridgehead atoms. The molecule has 0 aromatic carbocycles. The van der Waals surface area contributed by atoms with Gasteiger partial charge < -0.3 is 15.2 Å². The number of rotatable bonds is 7. The zero-order valence-corrected chi connectivity index (χ0v) is 15.4. The second-order valence-corrected chi connectivity index (χ2v) is 6.32. The van der Waals surface area contributed by atoms with Crippen LogP contribution in [0.3, 0.4) is 0 Å². The number of carbonyl (C=O) groups excluding carboxylic acids is 1. The topological polar surface area (TPSA) is 119 Å². The Bertz CT molecular complexity index is 878. The van der Waals surface area contributed by atoms with Crippen LogP contribution >= 0.6 is 0 Å². The molecule has 0 unspecified atom stereocenters. The Labute approximate surface area is 156 Å². The first-order valence-corrected chi connectivity index (χ1v) is 8.62. The van der Waals surface area contributed by atoms with Crippen LogP contribution in [0.25, 0.3) is 0 Å². The van der Waals surface area contributed by atoms with E-state index in [0.717, 1.165) is 5.69 Å². The lowest BCUT2D eigenvalue weighted by Crippen LogP contribution is -2.23. The van der Waals surface area contributed by atoms with E-state index in [1.807, 2.05) is 26.8 Å². The number of hydrogen-bond donors (Lipinski definition) is 2. The summed E-state index contributed by atoms with van der Waals surface area (Å²) in [5, 5.41) is 9.82. The van der Waals surface area contributed by atoms with Crippen LogP contribution in [0.1, 0.15) is 60.5 Å². The van der Waals surface area contributed by atoms with Gasteiger partial charge in [-0.3, -0.25) is 4.79 Å². The molecule has 0 radical (unpaired) electrons. The average Bonchev–Trinajstić information content (AvgIpc) is 3.17. The molecule has 0 spiro atoms. The third-order valence-electron chi connectivity index (χ3n) is 3.82. The maximum absolute atomic E-state index is 12.2. The summed E-state index contributed by atoms with van der Waals surface area (Å²) >= 11 is 0. The van der Waals surface area contributed by atoms with Crippen LogP contribution < -0.4 is 10.6 Å². The van der Waals surface area contributed by atoms with Crippen molar-refractivity contribution in [3.63, 3.8) is 0 Å². The van der Waals surface area contributed by atoms with Crippen molar-refractivity contribution in [1.82, 2.24) is 30.4 Å². The molecule has 9 nitrogen and oxygen atoms in total. The molecular weight excluding hydrogens is 346 g/mol. The molecule has 0 saturated heterocycles. The van der Waals surface area contributed by atoms with E-state index in [2.05, 4.69) is 35.7 Å². The third-order valence-corrected chi connectivity index (χ3v) is 3.82. The molecule has 3 aromatic rings. The highest BCUT2D eigenvalue weighted by Gasteiger charge is 2.12. The van der Waals surface area contributed by atoms with Gasteiger partial charge in [0.25, 0.3) is 5.91 Å². The maximum atomic E-state index is 12.2. The summed E-state index contributed by atoms with van der Waals surface area (Å²) in [6.45, 7) is 6.09. The minimum atomic E-state index is -0.256. The average molecular weight is 367 g/mol. The van der Waals surface area contributed by atoms with Crippen molar-refractivity contribution in [2.24, 2.45) is 0 Å². The van der Waals surface area contributed by atoms with Crippen molar-refractivity contribution in [2.75, 3.05) is 5.32 Å². The van der Waals surface area contributed by atoms with E-state index in [4.69, 9.17) is 4.52 Å². The van der Waals surface area contributed by atoms with Gasteiger partial charge in [0, 0.05) is 18.3 Å². The minimum absolute atomic E-state index is 0.0337. The highest BCUT2D eigenvalue weighted by molar-refractivity contribution is 5.93. The quantitative estimate of drug-likeness (QED) is 0.654. The fourth-order valence-electron chi connectivity index (χ4n) is 2.30. The Balaban J connectivity index is 1.55. The van der Waals surface area contributed by atoms with E-state index in [-0.39, 0.29) is 24.4 Å². The summed E-state index contributed by atoms with van der Waals surface area (Å²) in [7, 11) is 0. The summed E-state index contributed by atoms with van der Waals surface area (Å²) in [6.07, 6.45) is 4.71. The summed E-state index contributed by atoms with van der Waals surface area (Å²) in [6, 6.07) is 5.25. The zero-order chi connectivity index (χ0) is 19.2. The molecule has 3 rings (SSSR count). The van der Waals surface area contributed by atoms with E-state index in [1.165, 1.54) is 12.5 Å². The SMILES string of the molecule is CC(C)c1nc(CNC(=O)c2ccc(N[C@@H](C)c3ccncn3)nc2)no1. The molecule has 140 valence electrons. The fraction of sp³-hybridized carbons (Fsp3) is 0.333. The van der Waals surface area contributed by atoms with Crippen LogP contribution in [0.2, 0.25) is 0 Å². The molecule has 1 amide bonds. The predicted molar refractivity (Wildman–Crippen MR) is 97.9 cm³/mol. The molecule has 2 N–H and O–H groups in total. The molecule has 3 heterocycles. The van der Waals surface area contributed by atoms with Crippen LogP contribution in [-0.4, -0.2) is 31.0 Å². The van der Waals surface area contributed by atoms with E-state index < -0.39 is 0 Å². The smallest absolute Gasteiger partial charge is 0.253 e. The standard InChI is InChI=1S/C18H21N7O2/c1-11(2)18-24-16(25-27-18)9-21-17(26)13-4-5-15(20-8-13)23-12(3)14-6-7-19-10-22-14/h4-8,10-12H,9H2,1-3H3,(H,20,23)(H,21,26)/t12-/m0/s1. The number of nitrogens with zero attached hydrogens (tertiary/aromatic N) is 5. The van der Waals surface area contributed by atoms with Gasteiger partial charge in [0.1, 0.15) is 12.1 Å². The van der Waals surface area contributed by atoms with E-state index in [1.54, 1.807) is 18.3 Å².